The van der Waals surface area contributed by atoms with Gasteiger partial charge >= 0.3 is 0 Å². The molecule has 0 radical (unpaired) electrons. The van der Waals surface area contributed by atoms with Crippen LogP contribution in [0.15, 0.2) is 51.2 Å². The second-order valence-corrected chi connectivity index (χ2v) is 10.5. The lowest BCUT2D eigenvalue weighted by atomic mass is 10.2. The van der Waals surface area contributed by atoms with Gasteiger partial charge in [0.2, 0.25) is 21.7 Å². The maximum absolute atomic E-state index is 12.8. The highest BCUT2D eigenvalue weighted by atomic mass is 32.2. The minimum Gasteiger partial charge on any atom is -0.338 e. The first-order valence-corrected chi connectivity index (χ1v) is 12.7. The standard InChI is InChI=1S/C21H25N5O4S2/c1-15(2)24-32(28,29)17-7-5-16(6-8-17)21(27)26-11-9-25(10-12-26)14-19-22-20(23-30-19)18-4-3-13-31-18/h3-8,13,15,24H,9-12,14H2,1-2H3. The van der Waals surface area contributed by atoms with Crippen LogP contribution < -0.4 is 4.72 Å². The largest absolute Gasteiger partial charge is 0.338 e. The molecule has 9 nitrogen and oxygen atoms in total. The Hall–Kier alpha value is -2.60. The van der Waals surface area contributed by atoms with Crippen LogP contribution in [0.5, 0.6) is 0 Å². The molecule has 32 heavy (non-hydrogen) atoms. The topological polar surface area (TPSA) is 109 Å². The van der Waals surface area contributed by atoms with Crippen molar-refractivity contribution in [3.05, 3.63) is 53.2 Å². The second kappa shape index (κ2) is 9.49. The molecule has 2 aromatic heterocycles. The van der Waals surface area contributed by atoms with Gasteiger partial charge in [0.25, 0.3) is 5.91 Å². The number of carbonyl (C=O) groups excluding carboxylic acids is 1. The van der Waals surface area contributed by atoms with Gasteiger partial charge in [0.05, 0.1) is 16.3 Å². The van der Waals surface area contributed by atoms with Crippen molar-refractivity contribution in [2.75, 3.05) is 26.2 Å². The first kappa shape index (κ1) is 22.6. The third-order valence-corrected chi connectivity index (χ3v) is 7.57. The van der Waals surface area contributed by atoms with Gasteiger partial charge in [-0.3, -0.25) is 9.69 Å². The minimum absolute atomic E-state index is 0.108. The molecule has 1 amide bonds. The molecule has 0 bridgehead atoms. The molecule has 1 aliphatic rings. The fraction of sp³-hybridized carbons (Fsp3) is 0.381. The normalized spacial score (nSPS) is 15.4. The summed E-state index contributed by atoms with van der Waals surface area (Å²) in [5.41, 5.74) is 0.472. The van der Waals surface area contributed by atoms with E-state index in [0.717, 1.165) is 4.88 Å². The summed E-state index contributed by atoms with van der Waals surface area (Å²) in [6.07, 6.45) is 0. The van der Waals surface area contributed by atoms with Crippen molar-refractivity contribution in [1.82, 2.24) is 24.7 Å². The van der Waals surface area contributed by atoms with E-state index in [1.807, 2.05) is 17.5 Å². The molecule has 1 aliphatic heterocycles. The molecule has 3 aromatic rings. The fourth-order valence-electron chi connectivity index (χ4n) is 3.46. The zero-order chi connectivity index (χ0) is 22.7. The Morgan fingerprint density at radius 1 is 1.16 bits per heavy atom. The van der Waals surface area contributed by atoms with Gasteiger partial charge in [0, 0.05) is 37.8 Å². The van der Waals surface area contributed by atoms with E-state index < -0.39 is 10.0 Å². The smallest absolute Gasteiger partial charge is 0.253 e. The van der Waals surface area contributed by atoms with Gasteiger partial charge in [-0.25, -0.2) is 13.1 Å². The lowest BCUT2D eigenvalue weighted by Crippen LogP contribution is -2.48. The molecule has 0 unspecified atom stereocenters. The number of piperazine rings is 1. The quantitative estimate of drug-likeness (QED) is 0.559. The summed E-state index contributed by atoms with van der Waals surface area (Å²) in [7, 11) is -3.58. The molecular weight excluding hydrogens is 450 g/mol. The molecule has 1 aromatic carbocycles. The van der Waals surface area contributed by atoms with Crippen LogP contribution in [0.2, 0.25) is 0 Å². The third-order valence-electron chi connectivity index (χ3n) is 5.03. The number of benzene rings is 1. The van der Waals surface area contributed by atoms with Crippen LogP contribution in [0.4, 0.5) is 0 Å². The summed E-state index contributed by atoms with van der Waals surface area (Å²) >= 11 is 1.56. The van der Waals surface area contributed by atoms with E-state index in [-0.39, 0.29) is 16.8 Å². The predicted molar refractivity (Wildman–Crippen MR) is 121 cm³/mol. The number of nitrogens with one attached hydrogen (secondary N) is 1. The van der Waals surface area contributed by atoms with Crippen molar-refractivity contribution < 1.29 is 17.7 Å². The van der Waals surface area contributed by atoms with Crippen LogP contribution in [0.1, 0.15) is 30.1 Å². The van der Waals surface area contributed by atoms with Crippen LogP contribution in [0, 0.1) is 0 Å². The number of sulfonamides is 1. The van der Waals surface area contributed by atoms with Gasteiger partial charge < -0.3 is 9.42 Å². The maximum atomic E-state index is 12.8. The molecule has 4 rings (SSSR count). The van der Waals surface area contributed by atoms with Gasteiger partial charge in [-0.2, -0.15) is 4.98 Å². The Balaban J connectivity index is 1.32. The molecular formula is C21H25N5O4S2. The molecule has 0 atom stereocenters. The summed E-state index contributed by atoms with van der Waals surface area (Å²) in [6, 6.07) is 9.76. The van der Waals surface area contributed by atoms with E-state index in [2.05, 4.69) is 19.8 Å². The van der Waals surface area contributed by atoms with Crippen LogP contribution in [-0.4, -0.2) is 66.5 Å². The molecule has 3 heterocycles. The number of nitrogens with zero attached hydrogens (tertiary/aromatic N) is 4. The summed E-state index contributed by atoms with van der Waals surface area (Å²) in [5, 5.41) is 6.00. The number of amides is 1. The molecule has 1 N–H and O–H groups in total. The van der Waals surface area contributed by atoms with E-state index >= 15 is 0 Å². The van der Waals surface area contributed by atoms with Crippen LogP contribution >= 0.6 is 11.3 Å². The Morgan fingerprint density at radius 2 is 1.88 bits per heavy atom. The minimum atomic E-state index is -3.58. The van der Waals surface area contributed by atoms with Crippen molar-refractivity contribution in [1.29, 1.82) is 0 Å². The molecule has 11 heteroatoms. The second-order valence-electron chi connectivity index (χ2n) is 7.86. The Kier molecular flexibility index (Phi) is 6.70. The maximum Gasteiger partial charge on any atom is 0.253 e. The molecule has 1 fully saturated rings. The molecule has 1 saturated heterocycles. The van der Waals surface area contributed by atoms with Crippen LogP contribution in [0.3, 0.4) is 0 Å². The van der Waals surface area contributed by atoms with Crippen LogP contribution in [0.25, 0.3) is 10.7 Å². The Labute approximate surface area is 191 Å². The summed E-state index contributed by atoms with van der Waals surface area (Å²) < 4.78 is 32.4. The number of hydrogen-bond donors (Lipinski definition) is 1. The average molecular weight is 476 g/mol. The number of hydrogen-bond acceptors (Lipinski definition) is 8. The number of thiophene rings is 1. The number of rotatable bonds is 7. The van der Waals surface area contributed by atoms with Crippen molar-refractivity contribution in [2.45, 2.75) is 31.3 Å². The molecule has 170 valence electrons. The zero-order valence-electron chi connectivity index (χ0n) is 17.9. The monoisotopic (exact) mass is 475 g/mol. The predicted octanol–water partition coefficient (Wildman–Crippen LogP) is 2.44. The summed E-state index contributed by atoms with van der Waals surface area (Å²) in [5.74, 6) is 1.04. The molecule has 0 aliphatic carbocycles. The Bertz CT molecular complexity index is 1150. The lowest BCUT2D eigenvalue weighted by Gasteiger charge is -2.34. The first-order valence-electron chi connectivity index (χ1n) is 10.3. The van der Waals surface area contributed by atoms with E-state index in [1.54, 1.807) is 42.2 Å². The molecule has 0 saturated carbocycles. The van der Waals surface area contributed by atoms with Gasteiger partial charge in [-0.05, 0) is 49.6 Å². The molecule has 0 spiro atoms. The van der Waals surface area contributed by atoms with Gasteiger partial charge in [0.15, 0.2) is 0 Å². The van der Waals surface area contributed by atoms with E-state index in [0.29, 0.717) is 50.0 Å². The van der Waals surface area contributed by atoms with Crippen molar-refractivity contribution >= 4 is 27.3 Å². The third kappa shape index (κ3) is 5.23. The van der Waals surface area contributed by atoms with Crippen molar-refractivity contribution in [3.63, 3.8) is 0 Å². The number of carbonyl (C=O) groups is 1. The lowest BCUT2D eigenvalue weighted by molar-refractivity contribution is 0.0615. The highest BCUT2D eigenvalue weighted by molar-refractivity contribution is 7.89. The highest BCUT2D eigenvalue weighted by Crippen LogP contribution is 2.22. The van der Waals surface area contributed by atoms with Crippen molar-refractivity contribution in [2.24, 2.45) is 0 Å². The van der Waals surface area contributed by atoms with Crippen molar-refractivity contribution in [3.8, 4) is 10.7 Å². The summed E-state index contributed by atoms with van der Waals surface area (Å²) in [6.45, 7) is 6.57. The fourth-order valence-corrected chi connectivity index (χ4v) is 5.36. The van der Waals surface area contributed by atoms with Crippen LogP contribution in [-0.2, 0) is 16.6 Å². The summed E-state index contributed by atoms with van der Waals surface area (Å²) in [4.78, 5) is 22.3. The van der Waals surface area contributed by atoms with Gasteiger partial charge in [0.1, 0.15) is 0 Å². The van der Waals surface area contributed by atoms with Gasteiger partial charge in [-0.15, -0.1) is 11.3 Å². The average Bonchev–Trinajstić information content (AvgIpc) is 3.45. The Morgan fingerprint density at radius 3 is 2.50 bits per heavy atom. The van der Waals surface area contributed by atoms with Gasteiger partial charge in [-0.1, -0.05) is 11.2 Å². The number of aromatic nitrogens is 2. The first-order chi connectivity index (χ1) is 15.3. The van der Waals surface area contributed by atoms with E-state index in [4.69, 9.17) is 4.52 Å². The zero-order valence-corrected chi connectivity index (χ0v) is 19.5. The SMILES string of the molecule is CC(C)NS(=O)(=O)c1ccc(C(=O)N2CCN(Cc3nc(-c4cccs4)no3)CC2)cc1. The van der Waals surface area contributed by atoms with E-state index in [9.17, 15) is 13.2 Å². The van der Waals surface area contributed by atoms with E-state index in [1.165, 1.54) is 12.1 Å². The highest BCUT2D eigenvalue weighted by Gasteiger charge is 2.24.